The molecule has 0 spiro atoms. The molecule has 2 amide bonds. The van der Waals surface area contributed by atoms with Crippen molar-refractivity contribution in [3.05, 3.63) is 29.8 Å². The smallest absolute Gasteiger partial charge is 0.237 e. The van der Waals surface area contributed by atoms with Crippen LogP contribution in [-0.2, 0) is 9.59 Å². The van der Waals surface area contributed by atoms with Crippen LogP contribution in [0.15, 0.2) is 24.3 Å². The molecule has 0 bridgehead atoms. The van der Waals surface area contributed by atoms with Gasteiger partial charge in [0.05, 0.1) is 12.5 Å². The van der Waals surface area contributed by atoms with Crippen molar-refractivity contribution in [2.75, 3.05) is 5.32 Å². The highest BCUT2D eigenvalue weighted by molar-refractivity contribution is 5.95. The number of rotatable bonds is 3. The van der Waals surface area contributed by atoms with Crippen molar-refractivity contribution in [3.8, 4) is 0 Å². The summed E-state index contributed by atoms with van der Waals surface area (Å²) in [4.78, 5) is 24.3. The van der Waals surface area contributed by atoms with Gasteiger partial charge in [0.25, 0.3) is 0 Å². The van der Waals surface area contributed by atoms with Gasteiger partial charge in [-0.25, -0.2) is 0 Å². The predicted molar refractivity (Wildman–Crippen MR) is 85.5 cm³/mol. The molecule has 0 unspecified atom stereocenters. The molecule has 1 aliphatic heterocycles. The number of carbonyl (C=O) groups excluding carboxylic acids is 2. The lowest BCUT2D eigenvalue weighted by atomic mass is 9.87. The number of fused-ring (bicyclic) bond motifs is 1. The van der Waals surface area contributed by atoms with Gasteiger partial charge in [-0.1, -0.05) is 30.5 Å². The Balaban J connectivity index is 1.56. The first-order valence-electron chi connectivity index (χ1n) is 8.05. The second-order valence-corrected chi connectivity index (χ2v) is 6.34. The molecule has 3 N–H and O–H groups in total. The first kappa shape index (κ1) is 15.0. The van der Waals surface area contributed by atoms with E-state index in [0.717, 1.165) is 24.1 Å². The molecule has 0 radical (unpaired) electrons. The van der Waals surface area contributed by atoms with Crippen molar-refractivity contribution in [1.82, 2.24) is 10.6 Å². The minimum atomic E-state index is -0.426. The molecule has 0 aromatic heterocycles. The van der Waals surface area contributed by atoms with Crippen molar-refractivity contribution in [1.29, 1.82) is 0 Å². The van der Waals surface area contributed by atoms with Gasteiger partial charge in [0, 0.05) is 17.8 Å². The van der Waals surface area contributed by atoms with E-state index >= 15 is 0 Å². The minimum Gasteiger partial charge on any atom is -0.350 e. The Morgan fingerprint density at radius 2 is 1.86 bits per heavy atom. The molecule has 3 rings (SSSR count). The van der Waals surface area contributed by atoms with Crippen LogP contribution in [0.5, 0.6) is 0 Å². The van der Waals surface area contributed by atoms with Crippen LogP contribution >= 0.6 is 0 Å². The quantitative estimate of drug-likeness (QED) is 0.796. The summed E-state index contributed by atoms with van der Waals surface area (Å²) < 4.78 is 0. The molecule has 22 heavy (non-hydrogen) atoms. The van der Waals surface area contributed by atoms with E-state index in [0.29, 0.717) is 6.04 Å². The average molecular weight is 301 g/mol. The molecule has 1 saturated carbocycles. The molecule has 5 nitrogen and oxygen atoms in total. The molecule has 1 saturated heterocycles. The Labute approximate surface area is 130 Å². The molecule has 2 fully saturated rings. The third kappa shape index (κ3) is 3.47. The summed E-state index contributed by atoms with van der Waals surface area (Å²) in [7, 11) is 0. The van der Waals surface area contributed by atoms with Gasteiger partial charge in [-0.15, -0.1) is 0 Å². The van der Waals surface area contributed by atoms with Crippen LogP contribution in [0.25, 0.3) is 0 Å². The second-order valence-electron chi connectivity index (χ2n) is 6.34. The summed E-state index contributed by atoms with van der Waals surface area (Å²) in [6.45, 7) is 2.00. The first-order valence-corrected chi connectivity index (χ1v) is 8.05. The van der Waals surface area contributed by atoms with E-state index < -0.39 is 6.04 Å². The fraction of sp³-hybridized carbons (Fsp3) is 0.529. The Hall–Kier alpha value is -1.88. The van der Waals surface area contributed by atoms with Gasteiger partial charge < -0.3 is 16.0 Å². The molecular formula is C17H23N3O2. The third-order valence-corrected chi connectivity index (χ3v) is 4.55. The summed E-state index contributed by atoms with van der Waals surface area (Å²) in [6.07, 6.45) is 4.63. The fourth-order valence-electron chi connectivity index (χ4n) is 3.31. The van der Waals surface area contributed by atoms with E-state index in [4.69, 9.17) is 0 Å². The van der Waals surface area contributed by atoms with Gasteiger partial charge in [-0.05, 0) is 31.9 Å². The molecular weight excluding hydrogens is 278 g/mol. The Morgan fingerprint density at radius 3 is 2.59 bits per heavy atom. The first-order chi connectivity index (χ1) is 10.6. The third-order valence-electron chi connectivity index (χ3n) is 4.55. The summed E-state index contributed by atoms with van der Waals surface area (Å²) in [5, 5.41) is 9.27. The number of benzene rings is 1. The zero-order valence-electron chi connectivity index (χ0n) is 12.9. The van der Waals surface area contributed by atoms with Gasteiger partial charge in [0.15, 0.2) is 0 Å². The molecule has 1 aliphatic carbocycles. The second kappa shape index (κ2) is 6.48. The zero-order valence-corrected chi connectivity index (χ0v) is 12.9. The van der Waals surface area contributed by atoms with E-state index in [1.165, 1.54) is 12.8 Å². The highest BCUT2D eigenvalue weighted by atomic mass is 16.2. The monoisotopic (exact) mass is 301 g/mol. The molecule has 1 aromatic rings. The van der Waals surface area contributed by atoms with Gasteiger partial charge in [0.1, 0.15) is 0 Å². The van der Waals surface area contributed by atoms with Crippen LogP contribution in [0, 0.1) is 6.92 Å². The number of nitrogens with one attached hydrogen (secondary N) is 3. The summed E-state index contributed by atoms with van der Waals surface area (Å²) in [5.74, 6) is -0.187. The van der Waals surface area contributed by atoms with E-state index in [1.54, 1.807) is 0 Å². The number of anilines is 1. The fourth-order valence-corrected chi connectivity index (χ4v) is 3.31. The van der Waals surface area contributed by atoms with Crippen molar-refractivity contribution in [3.63, 3.8) is 0 Å². The number of hydrogen-bond donors (Lipinski definition) is 3. The molecule has 2 aliphatic rings. The van der Waals surface area contributed by atoms with E-state index in [1.807, 2.05) is 31.2 Å². The SMILES string of the molecule is Cc1ccc(NC(=O)C[C@H]2N[C@@H]3CCCC[C@@H]3NC2=O)cc1. The van der Waals surface area contributed by atoms with E-state index in [-0.39, 0.29) is 24.3 Å². The summed E-state index contributed by atoms with van der Waals surface area (Å²) >= 11 is 0. The van der Waals surface area contributed by atoms with Crippen molar-refractivity contribution < 1.29 is 9.59 Å². The highest BCUT2D eigenvalue weighted by Gasteiger charge is 2.36. The number of hydrogen-bond acceptors (Lipinski definition) is 3. The zero-order chi connectivity index (χ0) is 15.5. The average Bonchev–Trinajstić information content (AvgIpc) is 2.50. The van der Waals surface area contributed by atoms with Crippen LogP contribution in [0.3, 0.4) is 0 Å². The Kier molecular flexibility index (Phi) is 4.43. The van der Waals surface area contributed by atoms with Crippen LogP contribution in [0.1, 0.15) is 37.7 Å². The number of amides is 2. The lowest BCUT2D eigenvalue weighted by molar-refractivity contribution is -0.129. The Bertz CT molecular complexity index is 556. The summed E-state index contributed by atoms with van der Waals surface area (Å²) in [6, 6.07) is 7.77. The van der Waals surface area contributed by atoms with E-state index in [9.17, 15) is 9.59 Å². The van der Waals surface area contributed by atoms with Gasteiger partial charge >= 0.3 is 0 Å². The van der Waals surface area contributed by atoms with Gasteiger partial charge in [-0.2, -0.15) is 0 Å². The van der Waals surface area contributed by atoms with Crippen LogP contribution in [0.2, 0.25) is 0 Å². The molecule has 3 atom stereocenters. The van der Waals surface area contributed by atoms with E-state index in [2.05, 4.69) is 16.0 Å². The van der Waals surface area contributed by atoms with Crippen LogP contribution in [0.4, 0.5) is 5.69 Å². The van der Waals surface area contributed by atoms with Crippen LogP contribution < -0.4 is 16.0 Å². The van der Waals surface area contributed by atoms with Gasteiger partial charge in [0.2, 0.25) is 11.8 Å². The van der Waals surface area contributed by atoms with Crippen molar-refractivity contribution >= 4 is 17.5 Å². The standard InChI is InChI=1S/C17H23N3O2/c1-11-6-8-12(9-7-11)18-16(21)10-15-17(22)20-14-5-3-2-4-13(14)19-15/h6-9,13-15,19H,2-5,10H2,1H3,(H,18,21)(H,20,22)/t13-,14+,15-/m1/s1. The van der Waals surface area contributed by atoms with Crippen LogP contribution in [-0.4, -0.2) is 29.9 Å². The molecule has 118 valence electrons. The molecule has 1 aromatic carbocycles. The van der Waals surface area contributed by atoms with Gasteiger partial charge in [-0.3, -0.25) is 9.59 Å². The topological polar surface area (TPSA) is 70.2 Å². The highest BCUT2D eigenvalue weighted by Crippen LogP contribution is 2.22. The Morgan fingerprint density at radius 1 is 1.18 bits per heavy atom. The summed E-state index contributed by atoms with van der Waals surface area (Å²) in [5.41, 5.74) is 1.91. The van der Waals surface area contributed by atoms with Crippen molar-refractivity contribution in [2.45, 2.75) is 57.2 Å². The normalized spacial score (nSPS) is 27.7. The minimum absolute atomic E-state index is 0.0535. The van der Waals surface area contributed by atoms with Crippen molar-refractivity contribution in [2.24, 2.45) is 0 Å². The molecule has 5 heteroatoms. The maximum absolute atomic E-state index is 12.1. The molecule has 1 heterocycles. The number of piperazine rings is 1. The lowest BCUT2D eigenvalue weighted by Crippen LogP contribution is -2.65. The number of aryl methyl sites for hydroxylation is 1. The predicted octanol–water partition coefficient (Wildman–Crippen LogP) is 1.72. The maximum atomic E-state index is 12.1. The maximum Gasteiger partial charge on any atom is 0.237 e. The lowest BCUT2D eigenvalue weighted by Gasteiger charge is -2.40. The largest absolute Gasteiger partial charge is 0.350 e. The number of carbonyl (C=O) groups is 2.